The third-order valence-electron chi connectivity index (χ3n) is 3.80. The van der Waals surface area contributed by atoms with Crippen LogP contribution in [0.15, 0.2) is 48.5 Å². The SMILES string of the molecule is FC(F)(F)c1ccccc1-c1ccc(OC2CCCCO2)cc1. The number of alkyl halides is 3. The van der Waals surface area contributed by atoms with Gasteiger partial charge in [-0.05, 0) is 42.2 Å². The Bertz CT molecular complexity index is 644. The Hall–Kier alpha value is -2.01. The second-order valence-electron chi connectivity index (χ2n) is 5.48. The van der Waals surface area contributed by atoms with E-state index < -0.39 is 11.7 Å². The summed E-state index contributed by atoms with van der Waals surface area (Å²) in [7, 11) is 0. The first-order valence-electron chi connectivity index (χ1n) is 7.59. The molecule has 3 rings (SSSR count). The first-order chi connectivity index (χ1) is 11.0. The van der Waals surface area contributed by atoms with Crippen molar-refractivity contribution >= 4 is 0 Å². The number of halogens is 3. The Kier molecular flexibility index (Phi) is 4.57. The second kappa shape index (κ2) is 6.62. The molecular formula is C18H17F3O2. The van der Waals surface area contributed by atoms with Gasteiger partial charge < -0.3 is 9.47 Å². The van der Waals surface area contributed by atoms with Crippen LogP contribution in [0.1, 0.15) is 24.8 Å². The van der Waals surface area contributed by atoms with Gasteiger partial charge in [-0.3, -0.25) is 0 Å². The average Bonchev–Trinajstić information content (AvgIpc) is 2.56. The molecule has 1 atom stereocenters. The van der Waals surface area contributed by atoms with Gasteiger partial charge in [0.15, 0.2) is 6.29 Å². The highest BCUT2D eigenvalue weighted by Gasteiger charge is 2.33. The van der Waals surface area contributed by atoms with Crippen molar-refractivity contribution in [2.75, 3.05) is 6.61 Å². The van der Waals surface area contributed by atoms with Crippen molar-refractivity contribution in [2.24, 2.45) is 0 Å². The molecule has 1 unspecified atom stereocenters. The van der Waals surface area contributed by atoms with Crippen LogP contribution in [0.4, 0.5) is 13.2 Å². The molecule has 1 fully saturated rings. The fourth-order valence-corrected chi connectivity index (χ4v) is 2.65. The lowest BCUT2D eigenvalue weighted by Crippen LogP contribution is -2.24. The summed E-state index contributed by atoms with van der Waals surface area (Å²) in [6.45, 7) is 0.682. The highest BCUT2D eigenvalue weighted by atomic mass is 19.4. The first-order valence-corrected chi connectivity index (χ1v) is 7.59. The van der Waals surface area contributed by atoms with Gasteiger partial charge in [-0.25, -0.2) is 0 Å². The van der Waals surface area contributed by atoms with E-state index in [1.165, 1.54) is 12.1 Å². The van der Waals surface area contributed by atoms with E-state index in [0.717, 1.165) is 25.3 Å². The quantitative estimate of drug-likeness (QED) is 0.765. The summed E-state index contributed by atoms with van der Waals surface area (Å²) in [6.07, 6.45) is -1.72. The molecule has 0 aliphatic carbocycles. The van der Waals surface area contributed by atoms with Gasteiger partial charge >= 0.3 is 6.18 Å². The van der Waals surface area contributed by atoms with Crippen LogP contribution < -0.4 is 4.74 Å². The zero-order valence-corrected chi connectivity index (χ0v) is 12.5. The highest BCUT2D eigenvalue weighted by Crippen LogP contribution is 2.37. The molecule has 23 heavy (non-hydrogen) atoms. The van der Waals surface area contributed by atoms with Gasteiger partial charge in [0.1, 0.15) is 5.75 Å². The Morgan fingerprint density at radius 3 is 2.35 bits per heavy atom. The van der Waals surface area contributed by atoms with Crippen LogP contribution >= 0.6 is 0 Å². The lowest BCUT2D eigenvalue weighted by molar-refractivity contribution is -0.137. The van der Waals surface area contributed by atoms with E-state index in [9.17, 15) is 13.2 Å². The predicted molar refractivity (Wildman–Crippen MR) is 81.1 cm³/mol. The lowest BCUT2D eigenvalue weighted by atomic mass is 9.99. The molecule has 1 aliphatic rings. The average molecular weight is 322 g/mol. The van der Waals surface area contributed by atoms with Gasteiger partial charge in [-0.2, -0.15) is 13.2 Å². The zero-order valence-electron chi connectivity index (χ0n) is 12.5. The molecule has 0 bridgehead atoms. The van der Waals surface area contributed by atoms with Gasteiger partial charge in [0.05, 0.1) is 12.2 Å². The van der Waals surface area contributed by atoms with Gasteiger partial charge in [0.2, 0.25) is 0 Å². The maximum atomic E-state index is 13.1. The molecule has 122 valence electrons. The van der Waals surface area contributed by atoms with Crippen molar-refractivity contribution in [3.63, 3.8) is 0 Å². The summed E-state index contributed by atoms with van der Waals surface area (Å²) in [6, 6.07) is 12.2. The number of hydrogen-bond acceptors (Lipinski definition) is 2. The standard InChI is InChI=1S/C18H17F3O2/c19-18(20,21)16-6-2-1-5-15(16)13-8-10-14(11-9-13)23-17-7-3-4-12-22-17/h1-2,5-6,8-11,17H,3-4,7,12H2. The summed E-state index contributed by atoms with van der Waals surface area (Å²) in [4.78, 5) is 0. The third kappa shape index (κ3) is 3.85. The molecule has 0 amide bonds. The van der Waals surface area contributed by atoms with Crippen LogP contribution in [0.3, 0.4) is 0 Å². The molecule has 1 heterocycles. The Morgan fingerprint density at radius 1 is 0.957 bits per heavy atom. The smallest absolute Gasteiger partial charge is 0.417 e. The van der Waals surface area contributed by atoms with Crippen LogP contribution in [-0.4, -0.2) is 12.9 Å². The van der Waals surface area contributed by atoms with Crippen molar-refractivity contribution in [1.29, 1.82) is 0 Å². The minimum absolute atomic E-state index is 0.167. The molecular weight excluding hydrogens is 305 g/mol. The number of ether oxygens (including phenoxy) is 2. The summed E-state index contributed by atoms with van der Waals surface area (Å²) < 4.78 is 50.4. The number of benzene rings is 2. The molecule has 0 spiro atoms. The maximum Gasteiger partial charge on any atom is 0.417 e. The molecule has 2 nitrogen and oxygen atoms in total. The fraction of sp³-hybridized carbons (Fsp3) is 0.333. The molecule has 2 aromatic rings. The monoisotopic (exact) mass is 322 g/mol. The summed E-state index contributed by atoms with van der Waals surface area (Å²) in [5, 5.41) is 0. The molecule has 1 saturated heterocycles. The van der Waals surface area contributed by atoms with Crippen molar-refractivity contribution in [3.05, 3.63) is 54.1 Å². The second-order valence-corrected chi connectivity index (χ2v) is 5.48. The Balaban J connectivity index is 1.80. The van der Waals surface area contributed by atoms with Gasteiger partial charge in [-0.15, -0.1) is 0 Å². The summed E-state index contributed by atoms with van der Waals surface area (Å²) in [5.41, 5.74) is 0.0413. The first kappa shape index (κ1) is 15.9. The van der Waals surface area contributed by atoms with Crippen LogP contribution in [0.2, 0.25) is 0 Å². The van der Waals surface area contributed by atoms with Gasteiger partial charge in [0, 0.05) is 6.42 Å². The van der Waals surface area contributed by atoms with Crippen molar-refractivity contribution in [2.45, 2.75) is 31.7 Å². The van der Waals surface area contributed by atoms with Crippen molar-refractivity contribution in [1.82, 2.24) is 0 Å². The molecule has 0 saturated carbocycles. The molecule has 1 aliphatic heterocycles. The minimum Gasteiger partial charge on any atom is -0.465 e. The fourth-order valence-electron chi connectivity index (χ4n) is 2.65. The molecule has 0 radical (unpaired) electrons. The predicted octanol–water partition coefficient (Wildman–Crippen LogP) is 5.28. The normalized spacial score (nSPS) is 18.7. The lowest BCUT2D eigenvalue weighted by Gasteiger charge is -2.23. The van der Waals surface area contributed by atoms with Gasteiger partial charge in [0.25, 0.3) is 0 Å². The van der Waals surface area contributed by atoms with Crippen molar-refractivity contribution in [3.8, 4) is 16.9 Å². The number of hydrogen-bond donors (Lipinski definition) is 0. The Morgan fingerprint density at radius 2 is 1.70 bits per heavy atom. The van der Waals surface area contributed by atoms with E-state index in [0.29, 0.717) is 17.9 Å². The largest absolute Gasteiger partial charge is 0.465 e. The highest BCUT2D eigenvalue weighted by molar-refractivity contribution is 5.68. The molecule has 0 N–H and O–H groups in total. The van der Waals surface area contributed by atoms with Crippen LogP contribution in [0, 0.1) is 0 Å². The minimum atomic E-state index is -4.37. The zero-order chi connectivity index (χ0) is 16.3. The van der Waals surface area contributed by atoms with E-state index in [1.807, 2.05) is 0 Å². The van der Waals surface area contributed by atoms with Crippen LogP contribution in [0.25, 0.3) is 11.1 Å². The van der Waals surface area contributed by atoms with E-state index >= 15 is 0 Å². The Labute approximate surface area is 132 Å². The van der Waals surface area contributed by atoms with Crippen LogP contribution in [0.5, 0.6) is 5.75 Å². The topological polar surface area (TPSA) is 18.5 Å². The maximum absolute atomic E-state index is 13.1. The third-order valence-corrected chi connectivity index (χ3v) is 3.80. The van der Waals surface area contributed by atoms with Crippen LogP contribution in [-0.2, 0) is 10.9 Å². The summed E-state index contributed by atoms with van der Waals surface area (Å²) in [5.74, 6) is 0.602. The molecule has 5 heteroatoms. The molecule has 2 aromatic carbocycles. The van der Waals surface area contributed by atoms with E-state index in [2.05, 4.69) is 0 Å². The van der Waals surface area contributed by atoms with Gasteiger partial charge in [-0.1, -0.05) is 30.3 Å². The van der Waals surface area contributed by atoms with E-state index in [-0.39, 0.29) is 11.9 Å². The van der Waals surface area contributed by atoms with E-state index in [1.54, 1.807) is 30.3 Å². The summed E-state index contributed by atoms with van der Waals surface area (Å²) >= 11 is 0. The molecule has 0 aromatic heterocycles. The van der Waals surface area contributed by atoms with Crippen molar-refractivity contribution < 1.29 is 22.6 Å². The number of rotatable bonds is 3. The van der Waals surface area contributed by atoms with E-state index in [4.69, 9.17) is 9.47 Å².